The number of hydrogen-bond acceptors (Lipinski definition) is 2. The van der Waals surface area contributed by atoms with Crippen LogP contribution in [0.5, 0.6) is 0 Å². The van der Waals surface area contributed by atoms with Gasteiger partial charge >= 0.3 is 0 Å². The Kier molecular flexibility index (Phi) is 3.22. The summed E-state index contributed by atoms with van der Waals surface area (Å²) in [6, 6.07) is 8.19. The number of nitrogens with zero attached hydrogens (tertiary/aromatic N) is 2. The summed E-state index contributed by atoms with van der Waals surface area (Å²) >= 11 is 3.56. The number of aromatic nitrogens is 2. The van der Waals surface area contributed by atoms with Gasteiger partial charge in [0.05, 0.1) is 19.3 Å². The highest BCUT2D eigenvalue weighted by Crippen LogP contribution is 2.41. The van der Waals surface area contributed by atoms with Gasteiger partial charge in [-0.05, 0) is 24.5 Å². The molecule has 3 nitrogen and oxygen atoms in total. The summed E-state index contributed by atoms with van der Waals surface area (Å²) in [5.41, 5.74) is 3.41. The maximum atomic E-state index is 9.37. The van der Waals surface area contributed by atoms with Crippen LogP contribution in [-0.4, -0.2) is 14.9 Å². The van der Waals surface area contributed by atoms with Crippen LogP contribution in [0.15, 0.2) is 34.9 Å². The van der Waals surface area contributed by atoms with E-state index in [2.05, 4.69) is 27.1 Å². The standard InChI is InChI=1S/C14H15BrN2O/c15-13-4-2-1-3-11(13)8-17-14(10-5-6-10)12(9-18)7-16-17/h1-4,7,10,18H,5-6,8-9H2. The summed E-state index contributed by atoms with van der Waals surface area (Å²) in [7, 11) is 0. The molecule has 0 aliphatic heterocycles. The van der Waals surface area contributed by atoms with Crippen molar-refractivity contribution in [2.75, 3.05) is 0 Å². The molecule has 1 aliphatic rings. The second kappa shape index (κ2) is 4.86. The van der Waals surface area contributed by atoms with Gasteiger partial charge in [0.2, 0.25) is 0 Å². The van der Waals surface area contributed by atoms with Gasteiger partial charge in [-0.2, -0.15) is 5.10 Å². The average molecular weight is 307 g/mol. The third kappa shape index (κ3) is 2.22. The number of aliphatic hydroxyl groups excluding tert-OH is 1. The van der Waals surface area contributed by atoms with Crippen molar-refractivity contribution in [3.8, 4) is 0 Å². The molecule has 94 valence electrons. The minimum atomic E-state index is 0.0851. The number of rotatable bonds is 4. The number of aliphatic hydroxyl groups is 1. The second-order valence-electron chi connectivity index (χ2n) is 4.74. The summed E-state index contributed by atoms with van der Waals surface area (Å²) in [5, 5.41) is 13.8. The molecular formula is C14H15BrN2O. The van der Waals surface area contributed by atoms with E-state index >= 15 is 0 Å². The molecule has 1 aliphatic carbocycles. The molecule has 1 aromatic heterocycles. The molecule has 0 spiro atoms. The van der Waals surface area contributed by atoms with E-state index in [1.807, 2.05) is 22.9 Å². The third-order valence-electron chi connectivity index (χ3n) is 3.37. The fourth-order valence-electron chi connectivity index (χ4n) is 2.30. The smallest absolute Gasteiger partial charge is 0.0715 e. The first kappa shape index (κ1) is 11.9. The highest BCUT2D eigenvalue weighted by atomic mass is 79.9. The van der Waals surface area contributed by atoms with E-state index in [0.717, 1.165) is 16.6 Å². The van der Waals surface area contributed by atoms with Crippen LogP contribution in [0.3, 0.4) is 0 Å². The van der Waals surface area contributed by atoms with Crippen LogP contribution in [0.4, 0.5) is 0 Å². The monoisotopic (exact) mass is 306 g/mol. The van der Waals surface area contributed by atoms with Gasteiger partial charge in [-0.3, -0.25) is 4.68 Å². The molecule has 1 aromatic carbocycles. The van der Waals surface area contributed by atoms with E-state index in [1.54, 1.807) is 6.20 Å². The minimum absolute atomic E-state index is 0.0851. The van der Waals surface area contributed by atoms with E-state index < -0.39 is 0 Å². The lowest BCUT2D eigenvalue weighted by atomic mass is 10.1. The van der Waals surface area contributed by atoms with E-state index in [1.165, 1.54) is 24.1 Å². The quantitative estimate of drug-likeness (QED) is 0.943. The minimum Gasteiger partial charge on any atom is -0.392 e. The lowest BCUT2D eigenvalue weighted by molar-refractivity contribution is 0.280. The molecular weight excluding hydrogens is 292 g/mol. The van der Waals surface area contributed by atoms with E-state index in [0.29, 0.717) is 5.92 Å². The Bertz CT molecular complexity index is 561. The first-order valence-electron chi connectivity index (χ1n) is 6.18. The summed E-state index contributed by atoms with van der Waals surface area (Å²) < 4.78 is 3.14. The Labute approximate surface area is 115 Å². The zero-order valence-corrected chi connectivity index (χ0v) is 11.6. The van der Waals surface area contributed by atoms with Crippen molar-refractivity contribution in [1.82, 2.24) is 9.78 Å². The molecule has 0 saturated heterocycles. The largest absolute Gasteiger partial charge is 0.392 e. The highest BCUT2D eigenvalue weighted by molar-refractivity contribution is 9.10. The van der Waals surface area contributed by atoms with Crippen molar-refractivity contribution >= 4 is 15.9 Å². The lowest BCUT2D eigenvalue weighted by Gasteiger charge is -2.09. The van der Waals surface area contributed by atoms with Crippen LogP contribution in [0.25, 0.3) is 0 Å². The third-order valence-corrected chi connectivity index (χ3v) is 4.15. The van der Waals surface area contributed by atoms with Crippen LogP contribution < -0.4 is 0 Å². The Balaban J connectivity index is 1.93. The molecule has 1 heterocycles. The van der Waals surface area contributed by atoms with Crippen molar-refractivity contribution in [3.05, 3.63) is 51.8 Å². The van der Waals surface area contributed by atoms with Gasteiger partial charge in [0.15, 0.2) is 0 Å². The lowest BCUT2D eigenvalue weighted by Crippen LogP contribution is -2.07. The molecule has 1 fully saturated rings. The molecule has 4 heteroatoms. The van der Waals surface area contributed by atoms with Crippen LogP contribution >= 0.6 is 15.9 Å². The van der Waals surface area contributed by atoms with Crippen molar-refractivity contribution in [2.24, 2.45) is 0 Å². The Hall–Kier alpha value is -1.13. The van der Waals surface area contributed by atoms with Crippen molar-refractivity contribution in [2.45, 2.75) is 31.9 Å². The molecule has 0 amide bonds. The predicted molar refractivity (Wildman–Crippen MR) is 73.4 cm³/mol. The molecule has 0 atom stereocenters. The van der Waals surface area contributed by atoms with Crippen molar-refractivity contribution in [3.63, 3.8) is 0 Å². The van der Waals surface area contributed by atoms with E-state index in [-0.39, 0.29) is 6.61 Å². The number of halogens is 1. The maximum absolute atomic E-state index is 9.37. The van der Waals surface area contributed by atoms with Crippen molar-refractivity contribution in [1.29, 1.82) is 0 Å². The molecule has 3 rings (SSSR count). The van der Waals surface area contributed by atoms with Gasteiger partial charge in [0.25, 0.3) is 0 Å². The fourth-order valence-corrected chi connectivity index (χ4v) is 2.71. The summed E-state index contributed by atoms with van der Waals surface area (Å²) in [5.74, 6) is 0.595. The highest BCUT2D eigenvalue weighted by Gasteiger charge is 2.29. The summed E-state index contributed by atoms with van der Waals surface area (Å²) in [6.45, 7) is 0.842. The van der Waals surface area contributed by atoms with Crippen LogP contribution in [0, 0.1) is 0 Å². The van der Waals surface area contributed by atoms with Crippen LogP contribution in [-0.2, 0) is 13.2 Å². The molecule has 1 saturated carbocycles. The SMILES string of the molecule is OCc1cnn(Cc2ccccc2Br)c1C1CC1. The Morgan fingerprint density at radius 2 is 2.06 bits per heavy atom. The molecule has 2 aromatic rings. The number of benzene rings is 1. The van der Waals surface area contributed by atoms with Crippen LogP contribution in [0.1, 0.15) is 35.6 Å². The first-order valence-corrected chi connectivity index (χ1v) is 6.97. The van der Waals surface area contributed by atoms with Crippen molar-refractivity contribution < 1.29 is 5.11 Å². The zero-order chi connectivity index (χ0) is 12.5. The maximum Gasteiger partial charge on any atom is 0.0715 e. The Morgan fingerprint density at radius 3 is 2.72 bits per heavy atom. The van der Waals surface area contributed by atoms with E-state index in [4.69, 9.17) is 0 Å². The van der Waals surface area contributed by atoms with Gasteiger partial charge in [0.1, 0.15) is 0 Å². The average Bonchev–Trinajstić information content (AvgIpc) is 3.14. The van der Waals surface area contributed by atoms with Gasteiger partial charge in [-0.25, -0.2) is 0 Å². The van der Waals surface area contributed by atoms with Gasteiger partial charge in [0, 0.05) is 21.6 Å². The first-order chi connectivity index (χ1) is 8.79. The molecule has 18 heavy (non-hydrogen) atoms. The van der Waals surface area contributed by atoms with Gasteiger partial charge in [-0.1, -0.05) is 34.1 Å². The Morgan fingerprint density at radius 1 is 1.28 bits per heavy atom. The molecule has 0 unspecified atom stereocenters. The van der Waals surface area contributed by atoms with Crippen LogP contribution in [0.2, 0.25) is 0 Å². The molecule has 0 radical (unpaired) electrons. The number of hydrogen-bond donors (Lipinski definition) is 1. The fraction of sp³-hybridized carbons (Fsp3) is 0.357. The topological polar surface area (TPSA) is 38.1 Å². The molecule has 0 bridgehead atoms. The normalized spacial score (nSPS) is 15.0. The summed E-state index contributed by atoms with van der Waals surface area (Å²) in [4.78, 5) is 0. The van der Waals surface area contributed by atoms with E-state index in [9.17, 15) is 5.11 Å². The second-order valence-corrected chi connectivity index (χ2v) is 5.59. The zero-order valence-electron chi connectivity index (χ0n) is 10.0. The van der Waals surface area contributed by atoms with Gasteiger partial charge in [-0.15, -0.1) is 0 Å². The molecule has 1 N–H and O–H groups in total. The van der Waals surface area contributed by atoms with Gasteiger partial charge < -0.3 is 5.11 Å². The summed E-state index contributed by atoms with van der Waals surface area (Å²) in [6.07, 6.45) is 4.23. The predicted octanol–water partition coefficient (Wildman–Crippen LogP) is 3.06.